The number of hydrogen-bond donors (Lipinski definition) is 3. The van der Waals surface area contributed by atoms with E-state index in [0.717, 1.165) is 30.6 Å². The van der Waals surface area contributed by atoms with Crippen molar-refractivity contribution in [2.24, 2.45) is 5.92 Å². The van der Waals surface area contributed by atoms with Gasteiger partial charge in [0.2, 0.25) is 0 Å². The molecule has 0 radical (unpaired) electrons. The maximum absolute atomic E-state index is 10.5. The Morgan fingerprint density at radius 2 is 2.35 bits per heavy atom. The molecule has 0 aliphatic heterocycles. The number of benzene rings is 1. The summed E-state index contributed by atoms with van der Waals surface area (Å²) in [4.78, 5) is 0. The minimum atomic E-state index is -0.553. The van der Waals surface area contributed by atoms with E-state index in [1.807, 2.05) is 24.3 Å². The van der Waals surface area contributed by atoms with Gasteiger partial charge < -0.3 is 16.2 Å². The second kappa shape index (κ2) is 4.96. The van der Waals surface area contributed by atoms with Crippen molar-refractivity contribution in [3.63, 3.8) is 0 Å². The highest BCUT2D eigenvalue weighted by Gasteiger charge is 2.32. The number of hydrogen-bond acceptors (Lipinski definition) is 3. The SMILES string of the molecule is CC1CCCC(O)(CNc2cccc(N)c2)C1. The maximum atomic E-state index is 10.5. The lowest BCUT2D eigenvalue weighted by Gasteiger charge is -2.35. The van der Waals surface area contributed by atoms with Gasteiger partial charge in [0, 0.05) is 17.9 Å². The molecule has 1 aromatic carbocycles. The lowest BCUT2D eigenvalue weighted by Crippen LogP contribution is -2.41. The van der Waals surface area contributed by atoms with E-state index in [4.69, 9.17) is 5.73 Å². The molecule has 0 spiro atoms. The molecule has 0 aromatic heterocycles. The Hall–Kier alpha value is -1.22. The molecule has 0 bridgehead atoms. The predicted molar refractivity (Wildman–Crippen MR) is 71.9 cm³/mol. The third-order valence-corrected chi connectivity index (χ3v) is 3.58. The van der Waals surface area contributed by atoms with Gasteiger partial charge in [-0.3, -0.25) is 0 Å². The molecule has 2 unspecified atom stereocenters. The first-order valence-electron chi connectivity index (χ1n) is 6.39. The zero-order valence-electron chi connectivity index (χ0n) is 10.4. The molecule has 1 fully saturated rings. The minimum absolute atomic E-state index is 0.553. The quantitative estimate of drug-likeness (QED) is 0.705. The van der Waals surface area contributed by atoms with Gasteiger partial charge in [-0.05, 0) is 37.0 Å². The molecule has 0 heterocycles. The van der Waals surface area contributed by atoms with E-state index >= 15 is 0 Å². The van der Waals surface area contributed by atoms with E-state index in [0.29, 0.717) is 12.5 Å². The number of nitrogen functional groups attached to an aromatic ring is 1. The fourth-order valence-corrected chi connectivity index (χ4v) is 2.71. The van der Waals surface area contributed by atoms with Crippen LogP contribution in [0.3, 0.4) is 0 Å². The fraction of sp³-hybridized carbons (Fsp3) is 0.571. The molecular weight excluding hydrogens is 212 g/mol. The number of anilines is 2. The molecule has 0 saturated heterocycles. The molecule has 0 amide bonds. The first-order valence-corrected chi connectivity index (χ1v) is 6.39. The summed E-state index contributed by atoms with van der Waals surface area (Å²) in [5, 5.41) is 13.8. The predicted octanol–water partition coefficient (Wildman–Crippen LogP) is 2.62. The Balaban J connectivity index is 1.93. The van der Waals surface area contributed by atoms with Crippen LogP contribution in [-0.2, 0) is 0 Å². The number of nitrogens with two attached hydrogens (primary N) is 1. The van der Waals surface area contributed by atoms with Crippen molar-refractivity contribution in [2.45, 2.75) is 38.2 Å². The zero-order valence-corrected chi connectivity index (χ0v) is 10.4. The van der Waals surface area contributed by atoms with Crippen molar-refractivity contribution < 1.29 is 5.11 Å². The van der Waals surface area contributed by atoms with Crippen LogP contribution < -0.4 is 11.1 Å². The van der Waals surface area contributed by atoms with Gasteiger partial charge >= 0.3 is 0 Å². The van der Waals surface area contributed by atoms with E-state index in [1.165, 1.54) is 6.42 Å². The Morgan fingerprint density at radius 3 is 3.06 bits per heavy atom. The van der Waals surface area contributed by atoms with E-state index in [-0.39, 0.29) is 0 Å². The lowest BCUT2D eigenvalue weighted by atomic mass is 9.79. The van der Waals surface area contributed by atoms with Crippen molar-refractivity contribution in [3.05, 3.63) is 24.3 Å². The van der Waals surface area contributed by atoms with Crippen LogP contribution >= 0.6 is 0 Å². The Morgan fingerprint density at radius 1 is 1.53 bits per heavy atom. The summed E-state index contributed by atoms with van der Waals surface area (Å²) in [6.07, 6.45) is 4.14. The molecular formula is C14H22N2O. The molecule has 1 aromatic rings. The second-order valence-corrected chi connectivity index (χ2v) is 5.40. The van der Waals surface area contributed by atoms with Crippen molar-refractivity contribution in [1.82, 2.24) is 0 Å². The van der Waals surface area contributed by atoms with Gasteiger partial charge in [-0.1, -0.05) is 25.8 Å². The van der Waals surface area contributed by atoms with Crippen LogP contribution in [0.5, 0.6) is 0 Å². The van der Waals surface area contributed by atoms with Gasteiger partial charge in [0.25, 0.3) is 0 Å². The van der Waals surface area contributed by atoms with E-state index < -0.39 is 5.60 Å². The first kappa shape index (κ1) is 12.2. The summed E-state index contributed by atoms with van der Waals surface area (Å²) in [5.41, 5.74) is 6.90. The number of rotatable bonds is 3. The van der Waals surface area contributed by atoms with E-state index in [9.17, 15) is 5.11 Å². The lowest BCUT2D eigenvalue weighted by molar-refractivity contribution is -0.000760. The molecule has 17 heavy (non-hydrogen) atoms. The van der Waals surface area contributed by atoms with E-state index in [2.05, 4.69) is 12.2 Å². The topological polar surface area (TPSA) is 58.3 Å². The van der Waals surface area contributed by atoms with Gasteiger partial charge in [-0.2, -0.15) is 0 Å². The van der Waals surface area contributed by atoms with Crippen molar-refractivity contribution >= 4 is 11.4 Å². The van der Waals surface area contributed by atoms with Gasteiger partial charge in [-0.15, -0.1) is 0 Å². The second-order valence-electron chi connectivity index (χ2n) is 5.40. The smallest absolute Gasteiger partial charge is 0.0821 e. The zero-order chi connectivity index (χ0) is 12.3. The molecule has 2 rings (SSSR count). The van der Waals surface area contributed by atoms with Gasteiger partial charge in [0.15, 0.2) is 0 Å². The minimum Gasteiger partial charge on any atom is -0.399 e. The standard InChI is InChI=1S/C14H22N2O/c1-11-4-3-7-14(17,9-11)10-16-13-6-2-5-12(15)8-13/h2,5-6,8,11,16-17H,3-4,7,9-10,15H2,1H3. The molecule has 94 valence electrons. The van der Waals surface area contributed by atoms with Gasteiger partial charge in [-0.25, -0.2) is 0 Å². The summed E-state index contributed by atoms with van der Waals surface area (Å²) in [6.45, 7) is 2.82. The van der Waals surface area contributed by atoms with Crippen LogP contribution in [0, 0.1) is 5.92 Å². The van der Waals surface area contributed by atoms with Crippen molar-refractivity contribution in [1.29, 1.82) is 0 Å². The molecule has 3 heteroatoms. The van der Waals surface area contributed by atoms with Crippen LogP contribution in [-0.4, -0.2) is 17.3 Å². The summed E-state index contributed by atoms with van der Waals surface area (Å²) in [6, 6.07) is 7.66. The van der Waals surface area contributed by atoms with E-state index in [1.54, 1.807) is 0 Å². The largest absolute Gasteiger partial charge is 0.399 e. The third kappa shape index (κ3) is 3.37. The molecule has 1 aliphatic carbocycles. The van der Waals surface area contributed by atoms with Crippen LogP contribution in [0.25, 0.3) is 0 Å². The highest BCUT2D eigenvalue weighted by molar-refractivity contribution is 5.54. The van der Waals surface area contributed by atoms with Crippen LogP contribution in [0.1, 0.15) is 32.6 Å². The Labute approximate surface area is 103 Å². The number of aliphatic hydroxyl groups is 1. The molecule has 1 aliphatic rings. The maximum Gasteiger partial charge on any atom is 0.0821 e. The Kier molecular flexibility index (Phi) is 3.57. The average Bonchev–Trinajstić information content (AvgIpc) is 2.26. The van der Waals surface area contributed by atoms with Crippen molar-refractivity contribution in [2.75, 3.05) is 17.6 Å². The van der Waals surface area contributed by atoms with Gasteiger partial charge in [0.1, 0.15) is 0 Å². The average molecular weight is 234 g/mol. The van der Waals surface area contributed by atoms with Crippen LogP contribution in [0.15, 0.2) is 24.3 Å². The fourth-order valence-electron chi connectivity index (χ4n) is 2.71. The van der Waals surface area contributed by atoms with Crippen molar-refractivity contribution in [3.8, 4) is 0 Å². The summed E-state index contributed by atoms with van der Waals surface area (Å²) in [5.74, 6) is 0.622. The summed E-state index contributed by atoms with van der Waals surface area (Å²) in [7, 11) is 0. The molecule has 3 nitrogen and oxygen atoms in total. The summed E-state index contributed by atoms with van der Waals surface area (Å²) < 4.78 is 0. The van der Waals surface area contributed by atoms with Crippen LogP contribution in [0.4, 0.5) is 11.4 Å². The highest BCUT2D eigenvalue weighted by Crippen LogP contribution is 2.32. The highest BCUT2D eigenvalue weighted by atomic mass is 16.3. The molecule has 2 atom stereocenters. The normalized spacial score (nSPS) is 28.9. The third-order valence-electron chi connectivity index (χ3n) is 3.58. The summed E-state index contributed by atoms with van der Waals surface area (Å²) >= 11 is 0. The Bertz CT molecular complexity index is 380. The molecule has 1 saturated carbocycles. The molecule has 4 N–H and O–H groups in total. The monoisotopic (exact) mass is 234 g/mol. The first-order chi connectivity index (χ1) is 8.07. The van der Waals surface area contributed by atoms with Gasteiger partial charge in [0.05, 0.1) is 5.60 Å². The number of nitrogens with one attached hydrogen (secondary N) is 1. The van der Waals surface area contributed by atoms with Crippen LogP contribution in [0.2, 0.25) is 0 Å².